The first-order valence-electron chi connectivity index (χ1n) is 8.50. The second kappa shape index (κ2) is 12.1. The highest BCUT2D eigenvalue weighted by molar-refractivity contribution is 14.0. The van der Waals surface area contributed by atoms with Gasteiger partial charge in [-0.15, -0.1) is 24.0 Å². The molecule has 0 spiro atoms. The van der Waals surface area contributed by atoms with E-state index in [0.717, 1.165) is 22.8 Å². The van der Waals surface area contributed by atoms with Crippen LogP contribution in [-0.4, -0.2) is 33.4 Å². The summed E-state index contributed by atoms with van der Waals surface area (Å²) in [4.78, 5) is 6.36. The minimum absolute atomic E-state index is 0. The Morgan fingerprint density at radius 3 is 2.48 bits per heavy atom. The molecule has 0 aliphatic heterocycles. The van der Waals surface area contributed by atoms with Crippen LogP contribution in [0.2, 0.25) is 0 Å². The maximum Gasteiger partial charge on any atom is 0.191 e. The van der Waals surface area contributed by atoms with Crippen LogP contribution in [0.1, 0.15) is 16.7 Å². The molecule has 2 aromatic rings. The molecule has 0 amide bonds. The van der Waals surface area contributed by atoms with Gasteiger partial charge in [0.2, 0.25) is 0 Å². The smallest absolute Gasteiger partial charge is 0.191 e. The van der Waals surface area contributed by atoms with E-state index in [9.17, 15) is 4.39 Å². The van der Waals surface area contributed by atoms with Crippen LogP contribution in [0.5, 0.6) is 0 Å². The van der Waals surface area contributed by atoms with E-state index in [1.807, 2.05) is 26.4 Å². The van der Waals surface area contributed by atoms with Gasteiger partial charge in [0.15, 0.2) is 5.96 Å². The van der Waals surface area contributed by atoms with Crippen molar-refractivity contribution in [1.29, 1.82) is 0 Å². The van der Waals surface area contributed by atoms with E-state index in [0.29, 0.717) is 13.1 Å². The van der Waals surface area contributed by atoms with E-state index < -0.39 is 0 Å². The SMILES string of the molecule is CN=C(NCc1cccc(N(C)C)c1)NCc1ccc(F)cc1CSC.I. The topological polar surface area (TPSA) is 39.7 Å². The predicted molar refractivity (Wildman–Crippen MR) is 127 cm³/mol. The van der Waals surface area contributed by atoms with Gasteiger partial charge in [-0.25, -0.2) is 4.39 Å². The van der Waals surface area contributed by atoms with Crippen LogP contribution >= 0.6 is 35.7 Å². The number of benzene rings is 2. The number of anilines is 1. The fraction of sp³-hybridized carbons (Fsp3) is 0.350. The number of guanidine groups is 1. The van der Waals surface area contributed by atoms with Crippen molar-refractivity contribution in [2.75, 3.05) is 32.3 Å². The summed E-state index contributed by atoms with van der Waals surface area (Å²) in [7, 11) is 5.81. The number of halogens is 2. The number of nitrogens with one attached hydrogen (secondary N) is 2. The molecule has 2 N–H and O–H groups in total. The van der Waals surface area contributed by atoms with Crippen molar-refractivity contribution in [3.8, 4) is 0 Å². The van der Waals surface area contributed by atoms with Crippen LogP contribution in [-0.2, 0) is 18.8 Å². The molecule has 0 saturated carbocycles. The molecular weight excluding hydrogens is 474 g/mol. The van der Waals surface area contributed by atoms with Gasteiger partial charge in [0.1, 0.15) is 5.82 Å². The molecule has 0 fully saturated rings. The third kappa shape index (κ3) is 7.57. The normalized spacial score (nSPS) is 10.9. The molecule has 0 unspecified atom stereocenters. The van der Waals surface area contributed by atoms with Crippen molar-refractivity contribution in [1.82, 2.24) is 10.6 Å². The molecule has 2 rings (SSSR count). The number of thioether (sulfide) groups is 1. The molecular formula is C20H28FIN4S. The highest BCUT2D eigenvalue weighted by Gasteiger charge is 2.06. The molecule has 0 radical (unpaired) electrons. The van der Waals surface area contributed by atoms with Gasteiger partial charge < -0.3 is 15.5 Å². The summed E-state index contributed by atoms with van der Waals surface area (Å²) < 4.78 is 13.5. The summed E-state index contributed by atoms with van der Waals surface area (Å²) in [5.41, 5.74) is 4.45. The molecule has 0 heterocycles. The van der Waals surface area contributed by atoms with Crippen molar-refractivity contribution in [3.63, 3.8) is 0 Å². The second-order valence-electron chi connectivity index (χ2n) is 6.19. The second-order valence-corrected chi connectivity index (χ2v) is 7.06. The van der Waals surface area contributed by atoms with E-state index in [1.165, 1.54) is 17.3 Å². The van der Waals surface area contributed by atoms with Gasteiger partial charge >= 0.3 is 0 Å². The fourth-order valence-corrected chi connectivity index (χ4v) is 3.17. The standard InChI is InChI=1S/C20H27FN4S.HI/c1-22-20(23-12-15-6-5-7-19(10-15)25(2)3)24-13-16-8-9-18(21)11-17(16)14-26-4;/h5-11H,12-14H2,1-4H3,(H2,22,23,24);1H. The van der Waals surface area contributed by atoms with Crippen LogP contribution in [0.4, 0.5) is 10.1 Å². The lowest BCUT2D eigenvalue weighted by molar-refractivity contribution is 0.625. The van der Waals surface area contributed by atoms with Crippen molar-refractivity contribution >= 4 is 47.4 Å². The van der Waals surface area contributed by atoms with Crippen molar-refractivity contribution < 1.29 is 4.39 Å². The van der Waals surface area contributed by atoms with Gasteiger partial charge in [-0.2, -0.15) is 11.8 Å². The monoisotopic (exact) mass is 502 g/mol. The number of hydrogen-bond acceptors (Lipinski definition) is 3. The van der Waals surface area contributed by atoms with E-state index in [4.69, 9.17) is 0 Å². The van der Waals surface area contributed by atoms with E-state index in [2.05, 4.69) is 44.8 Å². The lowest BCUT2D eigenvalue weighted by Crippen LogP contribution is -2.36. The first kappa shape index (κ1) is 23.6. The summed E-state index contributed by atoms with van der Waals surface area (Å²) in [6, 6.07) is 13.3. The average molecular weight is 502 g/mol. The fourth-order valence-electron chi connectivity index (χ4n) is 2.59. The minimum Gasteiger partial charge on any atom is -0.378 e. The van der Waals surface area contributed by atoms with Crippen LogP contribution in [0.3, 0.4) is 0 Å². The maximum atomic E-state index is 13.5. The Bertz CT molecular complexity index is 753. The number of hydrogen-bond donors (Lipinski definition) is 2. The molecule has 0 aliphatic rings. The zero-order valence-corrected chi connectivity index (χ0v) is 19.4. The van der Waals surface area contributed by atoms with Gasteiger partial charge in [-0.05, 0) is 47.2 Å². The van der Waals surface area contributed by atoms with E-state index in [1.54, 1.807) is 24.9 Å². The quantitative estimate of drug-likeness (QED) is 0.338. The molecule has 0 bridgehead atoms. The van der Waals surface area contributed by atoms with Crippen molar-refractivity contribution in [2.45, 2.75) is 18.8 Å². The summed E-state index contributed by atoms with van der Waals surface area (Å²) in [5.74, 6) is 1.32. The zero-order valence-electron chi connectivity index (χ0n) is 16.3. The van der Waals surface area contributed by atoms with E-state index >= 15 is 0 Å². The number of nitrogens with zero attached hydrogens (tertiary/aromatic N) is 2. The Balaban J connectivity index is 0.00000364. The van der Waals surface area contributed by atoms with Gasteiger partial charge in [0.05, 0.1) is 0 Å². The van der Waals surface area contributed by atoms with Gasteiger partial charge in [0.25, 0.3) is 0 Å². The van der Waals surface area contributed by atoms with Crippen LogP contribution in [0, 0.1) is 5.82 Å². The Hall–Kier alpha value is -1.48. The van der Waals surface area contributed by atoms with Crippen molar-refractivity contribution in [3.05, 3.63) is 65.0 Å². The van der Waals surface area contributed by atoms with Crippen LogP contribution < -0.4 is 15.5 Å². The largest absolute Gasteiger partial charge is 0.378 e. The number of rotatable bonds is 7. The summed E-state index contributed by atoms with van der Waals surface area (Å²) >= 11 is 1.68. The lowest BCUT2D eigenvalue weighted by atomic mass is 10.1. The number of aliphatic imine (C=N–C) groups is 1. The molecule has 7 heteroatoms. The van der Waals surface area contributed by atoms with Gasteiger partial charge in [-0.1, -0.05) is 18.2 Å². The summed E-state index contributed by atoms with van der Waals surface area (Å²) in [6.45, 7) is 1.29. The maximum absolute atomic E-state index is 13.5. The third-order valence-corrected chi connectivity index (χ3v) is 4.62. The highest BCUT2D eigenvalue weighted by Crippen LogP contribution is 2.17. The molecule has 27 heavy (non-hydrogen) atoms. The first-order chi connectivity index (χ1) is 12.5. The molecule has 2 aromatic carbocycles. The molecule has 0 saturated heterocycles. The molecule has 148 valence electrons. The minimum atomic E-state index is -0.193. The summed E-state index contributed by atoms with van der Waals surface area (Å²) in [5, 5.41) is 6.63. The van der Waals surface area contributed by atoms with Gasteiger partial charge in [-0.3, -0.25) is 4.99 Å². The molecule has 4 nitrogen and oxygen atoms in total. The molecule has 0 atom stereocenters. The Labute approximate surface area is 183 Å². The van der Waals surface area contributed by atoms with E-state index in [-0.39, 0.29) is 29.8 Å². The third-order valence-electron chi connectivity index (χ3n) is 4.02. The Morgan fingerprint density at radius 1 is 1.07 bits per heavy atom. The predicted octanol–water partition coefficient (Wildman–Crippen LogP) is 4.24. The Morgan fingerprint density at radius 2 is 1.81 bits per heavy atom. The molecule has 0 aromatic heterocycles. The first-order valence-corrected chi connectivity index (χ1v) is 9.90. The van der Waals surface area contributed by atoms with Crippen LogP contribution in [0.15, 0.2) is 47.5 Å². The zero-order chi connectivity index (χ0) is 18.9. The van der Waals surface area contributed by atoms with Crippen LogP contribution in [0.25, 0.3) is 0 Å². The Kier molecular flexibility index (Phi) is 10.5. The van der Waals surface area contributed by atoms with Crippen molar-refractivity contribution in [2.24, 2.45) is 4.99 Å². The lowest BCUT2D eigenvalue weighted by Gasteiger charge is -2.16. The average Bonchev–Trinajstić information content (AvgIpc) is 2.63. The molecule has 0 aliphatic carbocycles. The highest BCUT2D eigenvalue weighted by atomic mass is 127. The summed E-state index contributed by atoms with van der Waals surface area (Å²) in [6.07, 6.45) is 2.02. The van der Waals surface area contributed by atoms with Gasteiger partial charge in [0, 0.05) is 45.7 Å².